The van der Waals surface area contributed by atoms with Gasteiger partial charge in [-0.25, -0.2) is 0 Å². The smallest absolute Gasteiger partial charge is 0.304 e. The molecule has 3 rings (SSSR count). The zero-order valence-corrected chi connectivity index (χ0v) is 10.7. The van der Waals surface area contributed by atoms with Crippen LogP contribution in [0.25, 0.3) is 0 Å². The Balaban J connectivity index is 2.02. The van der Waals surface area contributed by atoms with Crippen LogP contribution >= 0.6 is 23.1 Å². The second-order valence-electron chi connectivity index (χ2n) is 3.62. The first-order valence-electron chi connectivity index (χ1n) is 5.15. The van der Waals surface area contributed by atoms with E-state index in [0.717, 1.165) is 10.6 Å². The SMILES string of the molecule is O=C(O)C[C@@H]1Sc2nncn2N=C1c1cccs1. The number of carbonyl (C=O) groups is 1. The molecule has 1 aliphatic heterocycles. The van der Waals surface area contributed by atoms with Crippen LogP contribution in [0.15, 0.2) is 34.1 Å². The van der Waals surface area contributed by atoms with Gasteiger partial charge in [-0.3, -0.25) is 4.79 Å². The van der Waals surface area contributed by atoms with E-state index in [2.05, 4.69) is 15.3 Å². The van der Waals surface area contributed by atoms with Crippen molar-refractivity contribution < 1.29 is 9.90 Å². The standard InChI is InChI=1S/C10H8N4O2S2/c15-8(16)4-7-9(6-2-1-3-17-6)13-14-5-11-12-10(14)18-7/h1-3,5,7H,4H2,(H,15,16)/t7-/m0/s1. The summed E-state index contributed by atoms with van der Waals surface area (Å²) in [5.74, 6) is -0.843. The molecule has 0 aromatic carbocycles. The first-order valence-corrected chi connectivity index (χ1v) is 6.91. The number of carboxylic acids is 1. The summed E-state index contributed by atoms with van der Waals surface area (Å²) in [6, 6.07) is 3.86. The van der Waals surface area contributed by atoms with Gasteiger partial charge in [-0.2, -0.15) is 9.78 Å². The number of thiophene rings is 1. The molecular weight excluding hydrogens is 272 g/mol. The van der Waals surface area contributed by atoms with Crippen LogP contribution in [0.5, 0.6) is 0 Å². The van der Waals surface area contributed by atoms with E-state index in [0.29, 0.717) is 5.16 Å². The lowest BCUT2D eigenvalue weighted by Gasteiger charge is -2.19. The molecule has 2 aromatic rings. The lowest BCUT2D eigenvalue weighted by molar-refractivity contribution is -0.136. The van der Waals surface area contributed by atoms with Gasteiger partial charge < -0.3 is 5.11 Å². The van der Waals surface area contributed by atoms with Gasteiger partial charge in [0.25, 0.3) is 0 Å². The highest BCUT2D eigenvalue weighted by Crippen LogP contribution is 2.32. The summed E-state index contributed by atoms with van der Waals surface area (Å²) < 4.78 is 1.58. The third kappa shape index (κ3) is 2.04. The van der Waals surface area contributed by atoms with Crippen LogP contribution in [0.3, 0.4) is 0 Å². The molecule has 1 N–H and O–H groups in total. The first kappa shape index (κ1) is 11.4. The summed E-state index contributed by atoms with van der Waals surface area (Å²) in [4.78, 5) is 11.9. The van der Waals surface area contributed by atoms with E-state index < -0.39 is 5.97 Å². The minimum atomic E-state index is -0.843. The molecule has 0 amide bonds. The molecule has 0 fully saturated rings. The third-order valence-electron chi connectivity index (χ3n) is 2.40. The van der Waals surface area contributed by atoms with Crippen LogP contribution in [0, 0.1) is 0 Å². The van der Waals surface area contributed by atoms with E-state index in [1.165, 1.54) is 18.1 Å². The summed E-state index contributed by atoms with van der Waals surface area (Å²) in [6.07, 6.45) is 1.54. The molecule has 0 unspecified atom stereocenters. The largest absolute Gasteiger partial charge is 0.481 e. The van der Waals surface area contributed by atoms with Crippen molar-refractivity contribution >= 4 is 34.8 Å². The normalized spacial score (nSPS) is 18.2. The number of nitrogens with zero attached hydrogens (tertiary/aromatic N) is 4. The maximum atomic E-state index is 10.9. The number of fused-ring (bicyclic) bond motifs is 1. The van der Waals surface area contributed by atoms with E-state index in [9.17, 15) is 4.79 Å². The maximum absolute atomic E-state index is 10.9. The predicted molar refractivity (Wildman–Crippen MR) is 68.2 cm³/mol. The Hall–Kier alpha value is -1.67. The van der Waals surface area contributed by atoms with Crippen molar-refractivity contribution in [2.45, 2.75) is 16.8 Å². The molecule has 1 atom stereocenters. The summed E-state index contributed by atoms with van der Waals surface area (Å²) in [5.41, 5.74) is 0.768. The Morgan fingerprint density at radius 3 is 3.17 bits per heavy atom. The third-order valence-corrected chi connectivity index (χ3v) is 4.45. The van der Waals surface area contributed by atoms with E-state index in [1.54, 1.807) is 16.0 Å². The second kappa shape index (κ2) is 4.54. The van der Waals surface area contributed by atoms with Crippen LogP contribution in [0.2, 0.25) is 0 Å². The molecule has 1 aliphatic rings. The highest BCUT2D eigenvalue weighted by Gasteiger charge is 2.29. The number of aromatic nitrogens is 3. The molecule has 0 saturated heterocycles. The molecule has 0 spiro atoms. The zero-order chi connectivity index (χ0) is 12.5. The van der Waals surface area contributed by atoms with Gasteiger partial charge in [-0.15, -0.1) is 21.5 Å². The number of carboxylic acid groups (broad SMARTS) is 1. The van der Waals surface area contributed by atoms with Gasteiger partial charge in [-0.05, 0) is 11.4 Å². The minimum Gasteiger partial charge on any atom is -0.481 e. The number of thioether (sulfide) groups is 1. The fourth-order valence-electron chi connectivity index (χ4n) is 1.66. The van der Waals surface area contributed by atoms with Crippen molar-refractivity contribution in [3.63, 3.8) is 0 Å². The highest BCUT2D eigenvalue weighted by atomic mass is 32.2. The molecule has 18 heavy (non-hydrogen) atoms. The molecule has 3 heterocycles. The minimum absolute atomic E-state index is 0.0221. The van der Waals surface area contributed by atoms with Crippen LogP contribution in [0.1, 0.15) is 11.3 Å². The Kier molecular flexibility index (Phi) is 2.88. The quantitative estimate of drug-likeness (QED) is 0.922. The van der Waals surface area contributed by atoms with E-state index in [1.807, 2.05) is 17.5 Å². The lowest BCUT2D eigenvalue weighted by Crippen LogP contribution is -2.25. The Morgan fingerprint density at radius 1 is 1.56 bits per heavy atom. The molecule has 2 aromatic heterocycles. The van der Waals surface area contributed by atoms with Gasteiger partial charge in [0.05, 0.1) is 22.3 Å². The van der Waals surface area contributed by atoms with Gasteiger partial charge in [-0.1, -0.05) is 17.8 Å². The van der Waals surface area contributed by atoms with Crippen molar-refractivity contribution in [2.24, 2.45) is 5.10 Å². The molecule has 0 aliphatic carbocycles. The van der Waals surface area contributed by atoms with Crippen LogP contribution in [0.4, 0.5) is 0 Å². The van der Waals surface area contributed by atoms with Gasteiger partial charge in [0.15, 0.2) is 0 Å². The molecule has 92 valence electrons. The van der Waals surface area contributed by atoms with Crippen molar-refractivity contribution in [3.05, 3.63) is 28.7 Å². The molecule has 6 nitrogen and oxygen atoms in total. The average Bonchev–Trinajstić information content (AvgIpc) is 2.97. The number of aliphatic carboxylic acids is 1. The summed E-state index contributed by atoms with van der Waals surface area (Å²) in [6.45, 7) is 0. The van der Waals surface area contributed by atoms with Gasteiger partial charge >= 0.3 is 5.97 Å². The topological polar surface area (TPSA) is 80.4 Å². The molecule has 8 heteroatoms. The van der Waals surface area contributed by atoms with E-state index >= 15 is 0 Å². The van der Waals surface area contributed by atoms with E-state index in [-0.39, 0.29) is 11.7 Å². The maximum Gasteiger partial charge on any atom is 0.304 e. The van der Waals surface area contributed by atoms with Crippen molar-refractivity contribution in [1.29, 1.82) is 0 Å². The molecule has 0 bridgehead atoms. The van der Waals surface area contributed by atoms with Gasteiger partial charge in [0.2, 0.25) is 5.16 Å². The lowest BCUT2D eigenvalue weighted by atomic mass is 10.1. The van der Waals surface area contributed by atoms with Crippen LogP contribution in [-0.2, 0) is 4.79 Å². The van der Waals surface area contributed by atoms with Crippen LogP contribution < -0.4 is 0 Å². The highest BCUT2D eigenvalue weighted by molar-refractivity contribution is 8.00. The second-order valence-corrected chi connectivity index (χ2v) is 5.74. The fourth-order valence-corrected chi connectivity index (χ4v) is 3.55. The Morgan fingerprint density at radius 2 is 2.44 bits per heavy atom. The molecule has 0 saturated carbocycles. The summed E-state index contributed by atoms with van der Waals surface area (Å²) in [7, 11) is 0. The summed E-state index contributed by atoms with van der Waals surface area (Å²) >= 11 is 2.93. The Labute approximate surface area is 110 Å². The molecular formula is C10H8N4O2S2. The summed E-state index contributed by atoms with van der Waals surface area (Å²) in [5, 5.41) is 23.4. The molecule has 0 radical (unpaired) electrons. The van der Waals surface area contributed by atoms with Gasteiger partial charge in [0, 0.05) is 0 Å². The fraction of sp³-hybridized carbons (Fsp3) is 0.200. The zero-order valence-electron chi connectivity index (χ0n) is 9.05. The van der Waals surface area contributed by atoms with Gasteiger partial charge in [0.1, 0.15) is 6.33 Å². The van der Waals surface area contributed by atoms with Crippen molar-refractivity contribution in [1.82, 2.24) is 14.9 Å². The number of hydrogen-bond donors (Lipinski definition) is 1. The van der Waals surface area contributed by atoms with Crippen molar-refractivity contribution in [2.75, 3.05) is 0 Å². The monoisotopic (exact) mass is 280 g/mol. The predicted octanol–water partition coefficient (Wildman–Crippen LogP) is 1.54. The van der Waals surface area contributed by atoms with Crippen molar-refractivity contribution in [3.8, 4) is 0 Å². The van der Waals surface area contributed by atoms with Crippen LogP contribution in [-0.4, -0.2) is 36.9 Å². The first-order chi connectivity index (χ1) is 8.74. The Bertz CT molecular complexity index is 605. The average molecular weight is 280 g/mol. The van der Waals surface area contributed by atoms with E-state index in [4.69, 9.17) is 5.11 Å². The number of rotatable bonds is 3. The number of hydrogen-bond acceptors (Lipinski definition) is 6.